The maximum absolute atomic E-state index is 12.8. The minimum absolute atomic E-state index is 0.0188. The summed E-state index contributed by atoms with van der Waals surface area (Å²) in [6.45, 7) is 16.8. The maximum Gasteiger partial charge on any atom is 0.429 e. The molecule has 1 aliphatic rings. The van der Waals surface area contributed by atoms with E-state index in [0.29, 0.717) is 0 Å². The second-order valence-electron chi connectivity index (χ2n) is 10.2. The fraction of sp³-hybridized carbons (Fsp3) is 0.636. The van der Waals surface area contributed by atoms with Crippen molar-refractivity contribution >= 4 is 20.5 Å². The van der Waals surface area contributed by atoms with Crippen LogP contribution in [-0.4, -0.2) is 55.3 Å². The van der Waals surface area contributed by atoms with Crippen molar-refractivity contribution in [1.29, 1.82) is 0 Å². The average Bonchev–Trinajstić information content (AvgIpc) is 3.01. The second kappa shape index (κ2) is 8.97. The summed E-state index contributed by atoms with van der Waals surface area (Å²) >= 11 is 0. The molecule has 1 aromatic carbocycles. The lowest BCUT2D eigenvalue weighted by atomic mass is 10.2. The van der Waals surface area contributed by atoms with Crippen LogP contribution in [0.5, 0.6) is 0 Å². The van der Waals surface area contributed by atoms with Crippen LogP contribution in [0.15, 0.2) is 30.3 Å². The lowest BCUT2D eigenvalue weighted by molar-refractivity contribution is -0.0266. The molecule has 168 valence electrons. The van der Waals surface area contributed by atoms with E-state index in [9.17, 15) is 9.59 Å². The third-order valence-corrected chi connectivity index (χ3v) is 9.87. The van der Waals surface area contributed by atoms with Gasteiger partial charge in [-0.1, -0.05) is 51.1 Å². The first-order chi connectivity index (χ1) is 13.7. The van der Waals surface area contributed by atoms with Gasteiger partial charge in [-0.15, -0.1) is 0 Å². The monoisotopic (exact) mass is 436 g/mol. The molecule has 7 nitrogen and oxygen atoms in total. The number of hydrogen-bond acceptors (Lipinski definition) is 5. The SMILES string of the molecule is CC(C)(C)OC(=O)N1CC(O[Si](C)(C)C(C)(C)C)CN1C(=O)OCc1ccccc1. The molecule has 0 saturated carbocycles. The Morgan fingerprint density at radius 3 is 2.00 bits per heavy atom. The highest BCUT2D eigenvalue weighted by Gasteiger charge is 2.45. The quantitative estimate of drug-likeness (QED) is 0.608. The number of hydrogen-bond donors (Lipinski definition) is 0. The summed E-state index contributed by atoms with van der Waals surface area (Å²) in [5.41, 5.74) is 0.206. The van der Waals surface area contributed by atoms with Gasteiger partial charge in [0.2, 0.25) is 0 Å². The molecule has 1 atom stereocenters. The standard InChI is InChI=1S/C22H36N2O5Si/c1-21(2,3)28-20(26)24-15-18(29-30(7,8)22(4,5)6)14-23(24)19(25)27-16-17-12-10-9-11-13-17/h9-13,18H,14-16H2,1-8H3. The van der Waals surface area contributed by atoms with Gasteiger partial charge >= 0.3 is 12.2 Å². The maximum atomic E-state index is 12.8. The fourth-order valence-corrected chi connectivity index (χ4v) is 4.10. The Labute approximate surface area is 181 Å². The second-order valence-corrected chi connectivity index (χ2v) is 14.9. The van der Waals surface area contributed by atoms with Crippen LogP contribution >= 0.6 is 0 Å². The topological polar surface area (TPSA) is 68.3 Å². The Morgan fingerprint density at radius 2 is 1.50 bits per heavy atom. The van der Waals surface area contributed by atoms with Crippen LogP contribution in [0.3, 0.4) is 0 Å². The van der Waals surface area contributed by atoms with Crippen LogP contribution in [0.25, 0.3) is 0 Å². The first-order valence-electron chi connectivity index (χ1n) is 10.4. The van der Waals surface area contributed by atoms with Gasteiger partial charge in [0.15, 0.2) is 8.32 Å². The third-order valence-electron chi connectivity index (χ3n) is 5.33. The highest BCUT2D eigenvalue weighted by molar-refractivity contribution is 6.74. The molecule has 30 heavy (non-hydrogen) atoms. The largest absolute Gasteiger partial charge is 0.443 e. The van der Waals surface area contributed by atoms with Gasteiger partial charge in [-0.25, -0.2) is 19.6 Å². The van der Waals surface area contributed by atoms with Crippen molar-refractivity contribution in [2.75, 3.05) is 13.1 Å². The number of nitrogens with zero attached hydrogens (tertiary/aromatic N) is 2. The number of carbonyl (C=O) groups is 2. The molecule has 0 spiro atoms. The smallest absolute Gasteiger partial charge is 0.429 e. The summed E-state index contributed by atoms with van der Waals surface area (Å²) in [5.74, 6) is 0. The predicted octanol–water partition coefficient (Wildman–Crippen LogP) is 5.18. The van der Waals surface area contributed by atoms with Crippen molar-refractivity contribution in [3.63, 3.8) is 0 Å². The number of amides is 2. The van der Waals surface area contributed by atoms with Gasteiger partial charge in [0.05, 0.1) is 19.2 Å². The van der Waals surface area contributed by atoms with Gasteiger partial charge in [0, 0.05) is 0 Å². The van der Waals surface area contributed by atoms with E-state index in [1.165, 1.54) is 10.0 Å². The number of ether oxygens (including phenoxy) is 2. The van der Waals surface area contributed by atoms with Crippen LogP contribution in [0, 0.1) is 0 Å². The van der Waals surface area contributed by atoms with E-state index in [4.69, 9.17) is 13.9 Å². The van der Waals surface area contributed by atoms with E-state index in [2.05, 4.69) is 33.9 Å². The van der Waals surface area contributed by atoms with Crippen LogP contribution in [0.2, 0.25) is 18.1 Å². The molecule has 0 radical (unpaired) electrons. The molecular formula is C22H36N2O5Si. The van der Waals surface area contributed by atoms with Crippen LogP contribution in [0.4, 0.5) is 9.59 Å². The molecule has 1 aromatic rings. The summed E-state index contributed by atoms with van der Waals surface area (Å²) in [7, 11) is -2.07. The van der Waals surface area contributed by atoms with Gasteiger partial charge in [-0.3, -0.25) is 0 Å². The molecule has 0 N–H and O–H groups in total. The first-order valence-corrected chi connectivity index (χ1v) is 13.3. The normalized spacial score (nSPS) is 17.8. The zero-order valence-corrected chi connectivity index (χ0v) is 20.5. The summed E-state index contributed by atoms with van der Waals surface area (Å²) in [5, 5.41) is 2.62. The van der Waals surface area contributed by atoms with Crippen molar-refractivity contribution in [1.82, 2.24) is 10.0 Å². The van der Waals surface area contributed by atoms with Crippen LogP contribution in [0.1, 0.15) is 47.1 Å². The summed E-state index contributed by atoms with van der Waals surface area (Å²) in [4.78, 5) is 25.6. The highest BCUT2D eigenvalue weighted by atomic mass is 28.4. The molecule has 0 aliphatic carbocycles. The van der Waals surface area contributed by atoms with Gasteiger partial charge < -0.3 is 13.9 Å². The van der Waals surface area contributed by atoms with Crippen molar-refractivity contribution in [3.8, 4) is 0 Å². The van der Waals surface area contributed by atoms with Gasteiger partial charge in [-0.2, -0.15) is 0 Å². The van der Waals surface area contributed by atoms with Crippen LogP contribution < -0.4 is 0 Å². The van der Waals surface area contributed by atoms with E-state index in [-0.39, 0.29) is 30.8 Å². The zero-order chi connectivity index (χ0) is 22.7. The predicted molar refractivity (Wildman–Crippen MR) is 118 cm³/mol. The molecule has 1 heterocycles. The molecule has 1 saturated heterocycles. The average molecular weight is 437 g/mol. The molecule has 1 unspecified atom stereocenters. The summed E-state index contributed by atoms with van der Waals surface area (Å²) < 4.78 is 17.4. The van der Waals surface area contributed by atoms with E-state index < -0.39 is 26.1 Å². The Morgan fingerprint density at radius 1 is 0.967 bits per heavy atom. The van der Waals surface area contributed by atoms with E-state index in [1.807, 2.05) is 30.3 Å². The first kappa shape index (κ1) is 24.2. The Kier molecular flexibility index (Phi) is 7.24. The molecule has 8 heteroatoms. The molecule has 2 rings (SSSR count). The van der Waals surface area contributed by atoms with Crippen LogP contribution in [-0.2, 0) is 20.5 Å². The molecule has 2 amide bonds. The Balaban J connectivity index is 2.14. The number of hydrazine groups is 1. The lowest BCUT2D eigenvalue weighted by Crippen LogP contribution is -2.47. The molecular weight excluding hydrogens is 400 g/mol. The summed E-state index contributed by atoms with van der Waals surface area (Å²) in [6.07, 6.45) is -1.46. The van der Waals surface area contributed by atoms with Crippen molar-refractivity contribution in [3.05, 3.63) is 35.9 Å². The number of benzene rings is 1. The molecule has 0 bridgehead atoms. The van der Waals surface area contributed by atoms with E-state index >= 15 is 0 Å². The van der Waals surface area contributed by atoms with E-state index in [1.54, 1.807) is 20.8 Å². The number of rotatable bonds is 4. The highest BCUT2D eigenvalue weighted by Crippen LogP contribution is 2.38. The minimum atomic E-state index is -2.07. The third kappa shape index (κ3) is 6.47. The van der Waals surface area contributed by atoms with Gasteiger partial charge in [-0.05, 0) is 44.5 Å². The zero-order valence-electron chi connectivity index (χ0n) is 19.5. The molecule has 1 aliphatic heterocycles. The van der Waals surface area contributed by atoms with Crippen molar-refractivity contribution in [2.24, 2.45) is 0 Å². The summed E-state index contributed by atoms with van der Waals surface area (Å²) in [6, 6.07) is 9.43. The lowest BCUT2D eigenvalue weighted by Gasteiger charge is -2.38. The Bertz CT molecular complexity index is 740. The molecule has 0 aromatic heterocycles. The Hall–Kier alpha value is -2.06. The van der Waals surface area contributed by atoms with Crippen molar-refractivity contribution in [2.45, 2.75) is 78.0 Å². The minimum Gasteiger partial charge on any atom is -0.443 e. The van der Waals surface area contributed by atoms with Gasteiger partial charge in [0.1, 0.15) is 12.2 Å². The fourth-order valence-electron chi connectivity index (χ4n) is 2.76. The van der Waals surface area contributed by atoms with Crippen molar-refractivity contribution < 1.29 is 23.5 Å². The van der Waals surface area contributed by atoms with E-state index in [0.717, 1.165) is 5.56 Å². The van der Waals surface area contributed by atoms with Gasteiger partial charge in [0.25, 0.3) is 0 Å². The number of carbonyl (C=O) groups excluding carboxylic acids is 2. The molecule has 1 fully saturated rings.